The zero-order valence-electron chi connectivity index (χ0n) is 11.8. The second kappa shape index (κ2) is 3.33. The maximum Gasteiger partial charge on any atom is 0.192 e. The molecule has 0 bridgehead atoms. The largest absolute Gasteiger partial charge is 0.420 e. The molecule has 1 atom stereocenters. The molecule has 1 nitrogen and oxygen atoms in total. The second-order valence-electron chi connectivity index (χ2n) is 7.06. The molecular formula is C13H28OSi. The van der Waals surface area contributed by atoms with Crippen LogP contribution in [0.1, 0.15) is 47.5 Å². The van der Waals surface area contributed by atoms with Crippen LogP contribution in [-0.2, 0) is 4.43 Å². The summed E-state index contributed by atoms with van der Waals surface area (Å²) >= 11 is 0. The van der Waals surface area contributed by atoms with Crippen LogP contribution in [0.15, 0.2) is 0 Å². The van der Waals surface area contributed by atoms with Crippen LogP contribution in [0.25, 0.3) is 0 Å². The third-order valence-corrected chi connectivity index (χ3v) is 10.7. The minimum Gasteiger partial charge on any atom is -0.420 e. The van der Waals surface area contributed by atoms with Gasteiger partial charge < -0.3 is 4.43 Å². The topological polar surface area (TPSA) is 9.23 Å². The summed E-state index contributed by atoms with van der Waals surface area (Å²) in [5.41, 5.74) is 0.802. The highest BCUT2D eigenvalue weighted by atomic mass is 28.4. The highest BCUT2D eigenvalue weighted by Crippen LogP contribution is 2.70. The molecule has 0 heterocycles. The second-order valence-corrected chi connectivity index (χ2v) is 11.6. The van der Waals surface area contributed by atoms with Gasteiger partial charge in [0.1, 0.15) is 0 Å². The monoisotopic (exact) mass is 228 g/mol. The Labute approximate surface area is 96.7 Å². The quantitative estimate of drug-likeness (QED) is 0.635. The van der Waals surface area contributed by atoms with Crippen molar-refractivity contribution in [1.29, 1.82) is 0 Å². The molecule has 0 aromatic rings. The molecule has 90 valence electrons. The minimum atomic E-state index is -1.59. The first-order valence-electron chi connectivity index (χ1n) is 6.07. The fourth-order valence-corrected chi connectivity index (χ4v) is 6.23. The highest BCUT2D eigenvalue weighted by molar-refractivity contribution is 6.74. The van der Waals surface area contributed by atoms with Crippen LogP contribution in [0.3, 0.4) is 0 Å². The first-order valence-corrected chi connectivity index (χ1v) is 8.98. The van der Waals surface area contributed by atoms with Gasteiger partial charge in [0.15, 0.2) is 8.32 Å². The Bertz CT molecular complexity index is 255. The van der Waals surface area contributed by atoms with E-state index in [-0.39, 0.29) is 0 Å². The van der Waals surface area contributed by atoms with Crippen LogP contribution in [0.2, 0.25) is 18.1 Å². The van der Waals surface area contributed by atoms with Crippen molar-refractivity contribution in [3.63, 3.8) is 0 Å². The third kappa shape index (κ3) is 1.52. The van der Waals surface area contributed by atoms with E-state index in [1.54, 1.807) is 0 Å². The zero-order chi connectivity index (χ0) is 12.1. The summed E-state index contributed by atoms with van der Waals surface area (Å²) in [6, 6.07) is 0. The molecule has 1 rings (SSSR count). The van der Waals surface area contributed by atoms with E-state index in [1.807, 2.05) is 7.11 Å². The SMILES string of the molecule is CO[Si](C)(C)C1(C)CCC(C)(C)C1(C)C. The molecule has 0 aromatic heterocycles. The van der Waals surface area contributed by atoms with Gasteiger partial charge in [-0.15, -0.1) is 0 Å². The summed E-state index contributed by atoms with van der Waals surface area (Å²) in [7, 11) is 0.309. The van der Waals surface area contributed by atoms with Gasteiger partial charge in [-0.3, -0.25) is 0 Å². The van der Waals surface area contributed by atoms with E-state index in [0.717, 1.165) is 0 Å². The van der Waals surface area contributed by atoms with Gasteiger partial charge in [0, 0.05) is 7.11 Å². The van der Waals surface area contributed by atoms with Gasteiger partial charge in [-0.1, -0.05) is 34.6 Å². The molecule has 15 heavy (non-hydrogen) atoms. The van der Waals surface area contributed by atoms with E-state index in [2.05, 4.69) is 47.7 Å². The Hall–Kier alpha value is 0.177. The molecule has 0 aliphatic heterocycles. The van der Waals surface area contributed by atoms with Crippen LogP contribution < -0.4 is 0 Å². The molecule has 2 heteroatoms. The molecule has 0 aromatic carbocycles. The molecule has 1 aliphatic rings. The van der Waals surface area contributed by atoms with Crippen molar-refractivity contribution in [3.05, 3.63) is 0 Å². The van der Waals surface area contributed by atoms with E-state index < -0.39 is 8.32 Å². The first-order chi connectivity index (χ1) is 6.52. The lowest BCUT2D eigenvalue weighted by atomic mass is 9.67. The maximum atomic E-state index is 5.89. The first kappa shape index (κ1) is 13.2. The Morgan fingerprint density at radius 1 is 0.933 bits per heavy atom. The van der Waals surface area contributed by atoms with Gasteiger partial charge >= 0.3 is 0 Å². The van der Waals surface area contributed by atoms with Gasteiger partial charge in [0.2, 0.25) is 0 Å². The summed E-state index contributed by atoms with van der Waals surface area (Å²) in [6.45, 7) is 16.9. The molecule has 0 radical (unpaired) electrons. The van der Waals surface area contributed by atoms with E-state index in [4.69, 9.17) is 4.43 Å². The minimum absolute atomic E-state index is 0.367. The standard InChI is InChI=1S/C13H28OSi/c1-11(2)9-10-13(5,12(11,3)4)15(7,8)14-6/h9-10H2,1-8H3. The van der Waals surface area contributed by atoms with Crippen molar-refractivity contribution >= 4 is 8.32 Å². The lowest BCUT2D eigenvalue weighted by Gasteiger charge is -2.52. The van der Waals surface area contributed by atoms with Gasteiger partial charge in [-0.05, 0) is 41.8 Å². The van der Waals surface area contributed by atoms with Gasteiger partial charge in [0.25, 0.3) is 0 Å². The summed E-state index contributed by atoms with van der Waals surface area (Å²) in [5.74, 6) is 0. The lowest BCUT2D eigenvalue weighted by Crippen LogP contribution is -2.51. The van der Waals surface area contributed by atoms with Crippen LogP contribution >= 0.6 is 0 Å². The molecule has 1 unspecified atom stereocenters. The number of rotatable bonds is 2. The third-order valence-electron chi connectivity index (χ3n) is 6.16. The predicted octanol–water partition coefficient (Wildman–Crippen LogP) is 4.44. The Morgan fingerprint density at radius 2 is 1.40 bits per heavy atom. The summed E-state index contributed by atoms with van der Waals surface area (Å²) < 4.78 is 5.89. The zero-order valence-corrected chi connectivity index (χ0v) is 12.8. The van der Waals surface area contributed by atoms with Crippen molar-refractivity contribution in [1.82, 2.24) is 0 Å². The Kier molecular flexibility index (Phi) is 2.94. The van der Waals surface area contributed by atoms with Crippen molar-refractivity contribution in [3.8, 4) is 0 Å². The average molecular weight is 228 g/mol. The Morgan fingerprint density at radius 3 is 1.67 bits per heavy atom. The smallest absolute Gasteiger partial charge is 0.192 e. The molecule has 0 amide bonds. The van der Waals surface area contributed by atoms with Gasteiger partial charge in [-0.2, -0.15) is 0 Å². The molecule has 0 N–H and O–H groups in total. The molecule has 0 saturated heterocycles. The lowest BCUT2D eigenvalue weighted by molar-refractivity contribution is 0.110. The molecule has 1 aliphatic carbocycles. The van der Waals surface area contributed by atoms with Crippen LogP contribution in [0, 0.1) is 10.8 Å². The summed E-state index contributed by atoms with van der Waals surface area (Å²) in [4.78, 5) is 0. The molecule has 0 spiro atoms. The van der Waals surface area contributed by atoms with Crippen LogP contribution in [0.4, 0.5) is 0 Å². The molecular weight excluding hydrogens is 200 g/mol. The molecule has 1 saturated carbocycles. The molecule has 1 fully saturated rings. The number of hydrogen-bond acceptors (Lipinski definition) is 1. The van der Waals surface area contributed by atoms with Crippen LogP contribution in [0.5, 0.6) is 0 Å². The number of hydrogen-bond donors (Lipinski definition) is 0. The van der Waals surface area contributed by atoms with E-state index in [9.17, 15) is 0 Å². The van der Waals surface area contributed by atoms with Crippen molar-refractivity contribution in [2.24, 2.45) is 10.8 Å². The predicted molar refractivity (Wildman–Crippen MR) is 69.7 cm³/mol. The fourth-order valence-electron chi connectivity index (χ4n) is 3.21. The van der Waals surface area contributed by atoms with Crippen molar-refractivity contribution in [2.75, 3.05) is 7.11 Å². The van der Waals surface area contributed by atoms with Crippen molar-refractivity contribution in [2.45, 2.75) is 65.6 Å². The van der Waals surface area contributed by atoms with E-state index >= 15 is 0 Å². The van der Waals surface area contributed by atoms with E-state index in [1.165, 1.54) is 12.8 Å². The van der Waals surface area contributed by atoms with Crippen LogP contribution in [-0.4, -0.2) is 15.4 Å². The average Bonchev–Trinajstić information content (AvgIpc) is 2.27. The Balaban J connectivity index is 3.18. The highest BCUT2D eigenvalue weighted by Gasteiger charge is 2.62. The fraction of sp³-hybridized carbons (Fsp3) is 1.00. The maximum absolute atomic E-state index is 5.89. The van der Waals surface area contributed by atoms with Gasteiger partial charge in [-0.25, -0.2) is 0 Å². The van der Waals surface area contributed by atoms with Crippen molar-refractivity contribution < 1.29 is 4.43 Å². The normalized spacial score (nSPS) is 34.4. The van der Waals surface area contributed by atoms with Gasteiger partial charge in [0.05, 0.1) is 0 Å². The summed E-state index contributed by atoms with van der Waals surface area (Å²) in [5, 5.41) is 0.387. The summed E-state index contributed by atoms with van der Waals surface area (Å²) in [6.07, 6.45) is 2.65. The van der Waals surface area contributed by atoms with E-state index in [0.29, 0.717) is 15.9 Å².